The third kappa shape index (κ3) is 3.35. The lowest BCUT2D eigenvalue weighted by Gasteiger charge is -2.29. The van der Waals surface area contributed by atoms with Crippen LogP contribution in [0.1, 0.15) is 12.5 Å². The molecule has 1 fully saturated rings. The Morgan fingerprint density at radius 3 is 2.71 bits per heavy atom. The lowest BCUT2D eigenvalue weighted by molar-refractivity contribution is 0.122. The number of ether oxygens (including phenoxy) is 1. The van der Waals surface area contributed by atoms with E-state index < -0.39 is 0 Å². The topological polar surface area (TPSA) is 32.7 Å². The third-order valence-corrected chi connectivity index (χ3v) is 3.20. The van der Waals surface area contributed by atoms with Crippen molar-refractivity contribution < 1.29 is 9.84 Å². The van der Waals surface area contributed by atoms with E-state index in [-0.39, 0.29) is 6.10 Å². The molecule has 0 saturated carbocycles. The fourth-order valence-corrected chi connectivity index (χ4v) is 2.40. The van der Waals surface area contributed by atoms with E-state index in [4.69, 9.17) is 16.3 Å². The minimum atomic E-state index is -0.333. The third-order valence-electron chi connectivity index (χ3n) is 2.89. The number of halogens is 1. The Bertz CT molecular complexity index is 376. The van der Waals surface area contributed by atoms with Crippen LogP contribution in [0.2, 0.25) is 5.02 Å². The highest BCUT2D eigenvalue weighted by Crippen LogP contribution is 2.27. The maximum atomic E-state index is 9.34. The van der Waals surface area contributed by atoms with Crippen molar-refractivity contribution in [1.29, 1.82) is 0 Å². The van der Waals surface area contributed by atoms with Gasteiger partial charge in [-0.25, -0.2) is 0 Å². The SMILES string of the molecule is CC(O)Cc1ccc(N2CCOCC2)c(Cl)c1. The minimum Gasteiger partial charge on any atom is -0.393 e. The zero-order valence-electron chi connectivity index (χ0n) is 10.0. The van der Waals surface area contributed by atoms with Crippen LogP contribution in [0.5, 0.6) is 0 Å². The zero-order valence-corrected chi connectivity index (χ0v) is 10.8. The second-order valence-corrected chi connectivity index (χ2v) is 4.85. The summed E-state index contributed by atoms with van der Waals surface area (Å²) in [6.07, 6.45) is 0.309. The van der Waals surface area contributed by atoms with Crippen molar-refractivity contribution in [3.8, 4) is 0 Å². The first-order chi connectivity index (χ1) is 8.16. The molecular weight excluding hydrogens is 238 g/mol. The summed E-state index contributed by atoms with van der Waals surface area (Å²) in [7, 11) is 0. The van der Waals surface area contributed by atoms with Crippen LogP contribution >= 0.6 is 11.6 Å². The van der Waals surface area contributed by atoms with E-state index in [9.17, 15) is 5.11 Å². The predicted octanol–water partition coefficient (Wildman–Crippen LogP) is 2.10. The monoisotopic (exact) mass is 255 g/mol. The van der Waals surface area contributed by atoms with Gasteiger partial charge in [0.2, 0.25) is 0 Å². The number of hydrogen-bond acceptors (Lipinski definition) is 3. The van der Waals surface area contributed by atoms with Gasteiger partial charge in [0, 0.05) is 13.1 Å². The van der Waals surface area contributed by atoms with Gasteiger partial charge in [-0.2, -0.15) is 0 Å². The molecule has 0 amide bonds. The molecule has 0 bridgehead atoms. The summed E-state index contributed by atoms with van der Waals surface area (Å²) in [5.41, 5.74) is 2.13. The van der Waals surface area contributed by atoms with Gasteiger partial charge in [0.25, 0.3) is 0 Å². The van der Waals surface area contributed by atoms with E-state index in [1.165, 1.54) is 0 Å². The summed E-state index contributed by atoms with van der Waals surface area (Å²) >= 11 is 6.28. The molecule has 1 aromatic carbocycles. The smallest absolute Gasteiger partial charge is 0.0642 e. The van der Waals surface area contributed by atoms with E-state index in [0.29, 0.717) is 6.42 Å². The van der Waals surface area contributed by atoms with Crippen LogP contribution in [0.15, 0.2) is 18.2 Å². The van der Waals surface area contributed by atoms with Gasteiger partial charge >= 0.3 is 0 Å². The molecule has 0 aromatic heterocycles. The average Bonchev–Trinajstić information content (AvgIpc) is 2.29. The van der Waals surface area contributed by atoms with Gasteiger partial charge in [0.15, 0.2) is 0 Å². The fraction of sp³-hybridized carbons (Fsp3) is 0.538. The van der Waals surface area contributed by atoms with Crippen molar-refractivity contribution in [1.82, 2.24) is 0 Å². The lowest BCUT2D eigenvalue weighted by Crippen LogP contribution is -2.36. The molecule has 2 rings (SSSR count). The van der Waals surface area contributed by atoms with Crippen LogP contribution in [0, 0.1) is 0 Å². The number of morpholine rings is 1. The highest BCUT2D eigenvalue weighted by molar-refractivity contribution is 6.33. The Hall–Kier alpha value is -0.770. The van der Waals surface area contributed by atoms with Crippen LogP contribution in [0.25, 0.3) is 0 Å². The summed E-state index contributed by atoms with van der Waals surface area (Å²) in [5, 5.41) is 10.1. The Balaban J connectivity index is 2.13. The number of aliphatic hydroxyl groups is 1. The molecule has 0 aliphatic carbocycles. The molecule has 0 radical (unpaired) electrons. The Labute approximate surface area is 107 Å². The molecule has 4 heteroatoms. The molecule has 0 spiro atoms. The Kier molecular flexibility index (Phi) is 4.26. The van der Waals surface area contributed by atoms with Gasteiger partial charge in [0.05, 0.1) is 30.0 Å². The normalized spacial score (nSPS) is 18.2. The van der Waals surface area contributed by atoms with Crippen molar-refractivity contribution in [3.05, 3.63) is 28.8 Å². The summed E-state index contributed by atoms with van der Waals surface area (Å²) in [6, 6.07) is 6.01. The molecule has 1 heterocycles. The van der Waals surface area contributed by atoms with E-state index in [2.05, 4.69) is 4.90 Å². The van der Waals surface area contributed by atoms with Gasteiger partial charge in [0.1, 0.15) is 0 Å². The predicted molar refractivity (Wildman–Crippen MR) is 69.9 cm³/mol. The minimum absolute atomic E-state index is 0.333. The Morgan fingerprint density at radius 2 is 2.12 bits per heavy atom. The summed E-state index contributed by atoms with van der Waals surface area (Å²) in [5.74, 6) is 0. The number of nitrogens with zero attached hydrogens (tertiary/aromatic N) is 1. The summed E-state index contributed by atoms with van der Waals surface area (Å²) in [4.78, 5) is 2.23. The van der Waals surface area contributed by atoms with Crippen LogP contribution in [-0.2, 0) is 11.2 Å². The van der Waals surface area contributed by atoms with Gasteiger partial charge < -0.3 is 14.7 Å². The fourth-order valence-electron chi connectivity index (χ4n) is 2.08. The Morgan fingerprint density at radius 1 is 1.41 bits per heavy atom. The maximum absolute atomic E-state index is 9.34. The second-order valence-electron chi connectivity index (χ2n) is 4.44. The largest absolute Gasteiger partial charge is 0.393 e. The molecule has 1 aromatic rings. The number of aliphatic hydroxyl groups excluding tert-OH is 1. The summed E-state index contributed by atoms with van der Waals surface area (Å²) < 4.78 is 5.32. The van der Waals surface area contributed by atoms with E-state index in [1.54, 1.807) is 6.92 Å². The molecular formula is C13H18ClNO2. The van der Waals surface area contributed by atoms with E-state index in [1.807, 2.05) is 18.2 Å². The van der Waals surface area contributed by atoms with Crippen molar-refractivity contribution in [2.75, 3.05) is 31.2 Å². The van der Waals surface area contributed by atoms with Crippen LogP contribution in [0.3, 0.4) is 0 Å². The first-order valence-corrected chi connectivity index (χ1v) is 6.34. The number of rotatable bonds is 3. The molecule has 1 atom stereocenters. The quantitative estimate of drug-likeness (QED) is 0.898. The molecule has 94 valence electrons. The molecule has 1 unspecified atom stereocenters. The second kappa shape index (κ2) is 5.71. The molecule has 1 aliphatic heterocycles. The standard InChI is InChI=1S/C13H18ClNO2/c1-10(16)8-11-2-3-13(12(14)9-11)15-4-6-17-7-5-15/h2-3,9-10,16H,4-8H2,1H3. The van der Waals surface area contributed by atoms with Crippen molar-refractivity contribution in [3.63, 3.8) is 0 Å². The van der Waals surface area contributed by atoms with Gasteiger partial charge in [-0.15, -0.1) is 0 Å². The van der Waals surface area contributed by atoms with E-state index >= 15 is 0 Å². The number of hydrogen-bond donors (Lipinski definition) is 1. The molecule has 1 saturated heterocycles. The van der Waals surface area contributed by atoms with Crippen LogP contribution in [-0.4, -0.2) is 37.5 Å². The summed E-state index contributed by atoms with van der Waals surface area (Å²) in [6.45, 7) is 5.06. The number of benzene rings is 1. The van der Waals surface area contributed by atoms with Gasteiger partial charge in [-0.05, 0) is 31.0 Å². The first kappa shape index (κ1) is 12.7. The molecule has 3 nitrogen and oxygen atoms in total. The highest BCUT2D eigenvalue weighted by atomic mass is 35.5. The van der Waals surface area contributed by atoms with Gasteiger partial charge in [-0.3, -0.25) is 0 Å². The van der Waals surface area contributed by atoms with Crippen LogP contribution < -0.4 is 4.90 Å². The highest BCUT2D eigenvalue weighted by Gasteiger charge is 2.14. The van der Waals surface area contributed by atoms with Crippen LogP contribution in [0.4, 0.5) is 5.69 Å². The maximum Gasteiger partial charge on any atom is 0.0642 e. The van der Waals surface area contributed by atoms with Gasteiger partial charge in [-0.1, -0.05) is 17.7 Å². The molecule has 1 N–H and O–H groups in total. The van der Waals surface area contributed by atoms with Crippen molar-refractivity contribution >= 4 is 17.3 Å². The first-order valence-electron chi connectivity index (χ1n) is 5.96. The molecule has 1 aliphatic rings. The average molecular weight is 256 g/mol. The van der Waals surface area contributed by atoms with E-state index in [0.717, 1.165) is 42.6 Å². The zero-order chi connectivity index (χ0) is 12.3. The lowest BCUT2D eigenvalue weighted by atomic mass is 10.1. The molecule has 17 heavy (non-hydrogen) atoms. The van der Waals surface area contributed by atoms with Crippen molar-refractivity contribution in [2.24, 2.45) is 0 Å². The number of anilines is 1. The van der Waals surface area contributed by atoms with Crippen molar-refractivity contribution in [2.45, 2.75) is 19.4 Å².